The highest BCUT2D eigenvalue weighted by atomic mass is 35.5. The molecule has 2 fully saturated rings. The number of fused-ring (bicyclic) bond motifs is 2. The van der Waals surface area contributed by atoms with Gasteiger partial charge in [0, 0.05) is 6.04 Å². The second-order valence-corrected chi connectivity index (χ2v) is 6.84. The summed E-state index contributed by atoms with van der Waals surface area (Å²) in [6, 6.07) is -0.0755. The number of carboxylic acid groups (broad SMARTS) is 1. The van der Waals surface area contributed by atoms with Gasteiger partial charge in [0.05, 0.1) is 6.26 Å². The summed E-state index contributed by atoms with van der Waals surface area (Å²) < 4.78 is 26.2. The van der Waals surface area contributed by atoms with E-state index in [1.165, 1.54) is 4.90 Å². The number of amides is 1. The Labute approximate surface area is 116 Å². The minimum absolute atomic E-state index is 0.0755. The number of halogens is 1. The van der Waals surface area contributed by atoms with Crippen molar-refractivity contribution in [2.45, 2.75) is 43.7 Å². The molecule has 1 amide bonds. The van der Waals surface area contributed by atoms with Crippen molar-refractivity contribution in [3.05, 3.63) is 0 Å². The van der Waals surface area contributed by atoms with Crippen molar-refractivity contribution in [3.8, 4) is 0 Å². The zero-order valence-electron chi connectivity index (χ0n) is 10.4. The predicted octanol–water partition coefficient (Wildman–Crippen LogP) is 1.58. The normalized spacial score (nSPS) is 31.4. The number of piperidine rings is 1. The number of hydrogen-bond donors (Lipinski definition) is 1. The Hall–Kier alpha value is -1.02. The van der Waals surface area contributed by atoms with Gasteiger partial charge in [-0.25, -0.2) is 4.79 Å². The average molecular weight is 311 g/mol. The maximum absolute atomic E-state index is 11.4. The molecule has 2 aliphatic rings. The molecule has 0 saturated carbocycles. The summed E-state index contributed by atoms with van der Waals surface area (Å²) >= 11 is 6.04. The molecule has 2 aliphatic heterocycles. The molecule has 0 aromatic heterocycles. The van der Waals surface area contributed by atoms with Gasteiger partial charge in [-0.05, 0) is 32.1 Å². The molecule has 108 valence electrons. The summed E-state index contributed by atoms with van der Waals surface area (Å²) in [6.45, 7) is 0. The van der Waals surface area contributed by atoms with E-state index in [1.807, 2.05) is 0 Å². The maximum Gasteiger partial charge on any atom is 0.408 e. The van der Waals surface area contributed by atoms with Gasteiger partial charge in [-0.2, -0.15) is 8.42 Å². The van der Waals surface area contributed by atoms with Crippen LogP contribution < -0.4 is 0 Å². The number of hydrogen-bond acceptors (Lipinski definition) is 5. The van der Waals surface area contributed by atoms with Crippen LogP contribution in [0.25, 0.3) is 0 Å². The average Bonchev–Trinajstić information content (AvgIpc) is 2.54. The molecule has 9 heteroatoms. The molecule has 1 N–H and O–H groups in total. The first-order valence-corrected chi connectivity index (χ1v) is 8.10. The Morgan fingerprint density at radius 1 is 1.47 bits per heavy atom. The van der Waals surface area contributed by atoms with Gasteiger partial charge in [-0.15, -0.1) is 0 Å². The van der Waals surface area contributed by atoms with E-state index in [0.717, 1.165) is 19.1 Å². The maximum atomic E-state index is 11.4. The molecule has 7 nitrogen and oxygen atoms in total. The van der Waals surface area contributed by atoms with E-state index >= 15 is 0 Å². The Morgan fingerprint density at radius 2 is 2.16 bits per heavy atom. The molecule has 2 saturated heterocycles. The lowest BCUT2D eigenvalue weighted by Crippen LogP contribution is -2.56. The SMILES string of the molecule is CS(=O)(=O)ON=C(Cl)C12CCCC(CC1)N2C(=O)O. The molecule has 2 bridgehead atoms. The minimum atomic E-state index is -3.75. The van der Waals surface area contributed by atoms with E-state index in [4.69, 9.17) is 11.6 Å². The number of carbonyl (C=O) groups is 1. The molecule has 19 heavy (non-hydrogen) atoms. The van der Waals surface area contributed by atoms with Gasteiger partial charge in [0.1, 0.15) is 5.54 Å². The minimum Gasteiger partial charge on any atom is -0.465 e. The van der Waals surface area contributed by atoms with Gasteiger partial charge in [-0.1, -0.05) is 16.8 Å². The molecule has 2 unspecified atom stereocenters. The fourth-order valence-corrected chi connectivity index (χ4v) is 3.55. The summed E-state index contributed by atoms with van der Waals surface area (Å²) in [6.07, 6.45) is 3.20. The van der Waals surface area contributed by atoms with Crippen LogP contribution in [0.15, 0.2) is 5.16 Å². The van der Waals surface area contributed by atoms with Crippen LogP contribution in [0.2, 0.25) is 0 Å². The van der Waals surface area contributed by atoms with Gasteiger partial charge in [-0.3, -0.25) is 9.18 Å². The molecular formula is C10H15ClN2O5S. The zero-order chi connectivity index (χ0) is 14.3. The molecule has 0 radical (unpaired) electrons. The number of nitrogens with zero attached hydrogens (tertiary/aromatic N) is 2. The number of rotatable bonds is 3. The van der Waals surface area contributed by atoms with E-state index in [1.54, 1.807) is 0 Å². The second kappa shape index (κ2) is 4.82. The third-order valence-electron chi connectivity index (χ3n) is 3.69. The lowest BCUT2D eigenvalue weighted by molar-refractivity contribution is 0.0830. The van der Waals surface area contributed by atoms with Crippen molar-refractivity contribution in [2.75, 3.05) is 6.26 Å². The van der Waals surface area contributed by atoms with E-state index in [-0.39, 0.29) is 11.2 Å². The third kappa shape index (κ3) is 2.64. The highest BCUT2D eigenvalue weighted by molar-refractivity contribution is 7.85. The van der Waals surface area contributed by atoms with Gasteiger partial charge < -0.3 is 5.11 Å². The molecule has 0 aromatic carbocycles. The van der Waals surface area contributed by atoms with Crippen molar-refractivity contribution in [2.24, 2.45) is 5.16 Å². The number of oxime groups is 1. The Bertz CT molecular complexity index is 516. The highest BCUT2D eigenvalue weighted by Crippen LogP contribution is 2.45. The third-order valence-corrected chi connectivity index (χ3v) is 4.45. The largest absolute Gasteiger partial charge is 0.465 e. The molecule has 0 aromatic rings. The topological polar surface area (TPSA) is 96.3 Å². The van der Waals surface area contributed by atoms with E-state index in [0.29, 0.717) is 19.3 Å². The smallest absolute Gasteiger partial charge is 0.408 e. The summed E-state index contributed by atoms with van der Waals surface area (Å²) in [5.74, 6) is 0. The summed E-state index contributed by atoms with van der Waals surface area (Å²) in [4.78, 5) is 12.7. The molecule has 0 aliphatic carbocycles. The van der Waals surface area contributed by atoms with Crippen molar-refractivity contribution in [1.82, 2.24) is 4.90 Å². The quantitative estimate of drug-likeness (QED) is 0.630. The molecule has 2 atom stereocenters. The first kappa shape index (κ1) is 14.4. The van der Waals surface area contributed by atoms with E-state index in [2.05, 4.69) is 9.44 Å². The van der Waals surface area contributed by atoms with Crippen LogP contribution in [0.3, 0.4) is 0 Å². The van der Waals surface area contributed by atoms with Gasteiger partial charge in [0.15, 0.2) is 5.17 Å². The molecule has 0 spiro atoms. The van der Waals surface area contributed by atoms with Crippen molar-refractivity contribution < 1.29 is 22.6 Å². The first-order valence-electron chi connectivity index (χ1n) is 5.91. The second-order valence-electron chi connectivity index (χ2n) is 4.93. The van der Waals surface area contributed by atoms with Gasteiger partial charge in [0.25, 0.3) is 0 Å². The Balaban J connectivity index is 2.31. The van der Waals surface area contributed by atoms with Crippen LogP contribution in [0.4, 0.5) is 4.79 Å². The fraction of sp³-hybridized carbons (Fsp3) is 0.800. The molecular weight excluding hydrogens is 296 g/mol. The van der Waals surface area contributed by atoms with Crippen molar-refractivity contribution in [1.29, 1.82) is 0 Å². The summed E-state index contributed by atoms with van der Waals surface area (Å²) in [7, 11) is -3.75. The molecule has 2 heterocycles. The van der Waals surface area contributed by atoms with Crippen LogP contribution in [-0.4, -0.2) is 47.5 Å². The van der Waals surface area contributed by atoms with Gasteiger partial charge >= 0.3 is 16.2 Å². The van der Waals surface area contributed by atoms with Crippen LogP contribution in [0.5, 0.6) is 0 Å². The van der Waals surface area contributed by atoms with Gasteiger partial charge in [0.2, 0.25) is 0 Å². The molecule has 2 rings (SSSR count). The zero-order valence-corrected chi connectivity index (χ0v) is 11.9. The van der Waals surface area contributed by atoms with Crippen LogP contribution in [0, 0.1) is 0 Å². The predicted molar refractivity (Wildman–Crippen MR) is 68.7 cm³/mol. The summed E-state index contributed by atoms with van der Waals surface area (Å²) in [5.41, 5.74) is -0.930. The van der Waals surface area contributed by atoms with Crippen LogP contribution in [0.1, 0.15) is 32.1 Å². The van der Waals surface area contributed by atoms with E-state index < -0.39 is 21.8 Å². The van der Waals surface area contributed by atoms with Crippen LogP contribution >= 0.6 is 11.6 Å². The van der Waals surface area contributed by atoms with Crippen LogP contribution in [-0.2, 0) is 14.4 Å². The standard InChI is InChI=1S/C10H15ClN2O5S/c1-19(16,17)18-12-8(11)10-5-2-3-7(4-6-10)13(10)9(14)15/h7H,2-6H2,1H3,(H,14,15). The fourth-order valence-electron chi connectivity index (χ4n) is 2.98. The van der Waals surface area contributed by atoms with Crippen molar-refractivity contribution >= 4 is 33.0 Å². The van der Waals surface area contributed by atoms with Crippen molar-refractivity contribution in [3.63, 3.8) is 0 Å². The summed E-state index contributed by atoms with van der Waals surface area (Å²) in [5, 5.41) is 12.6. The Morgan fingerprint density at radius 3 is 2.74 bits per heavy atom. The monoisotopic (exact) mass is 310 g/mol. The Kier molecular flexibility index (Phi) is 3.65. The lowest BCUT2D eigenvalue weighted by Gasteiger charge is -2.41. The highest BCUT2D eigenvalue weighted by Gasteiger charge is 2.54. The first-order chi connectivity index (χ1) is 8.76. The van der Waals surface area contributed by atoms with E-state index in [9.17, 15) is 18.3 Å². The lowest BCUT2D eigenvalue weighted by atomic mass is 9.89.